The first-order valence-electron chi connectivity index (χ1n) is 17.4. The fourth-order valence-corrected chi connectivity index (χ4v) is 6.00. The molecule has 0 radical (unpaired) electrons. The number of carbonyl (C=O) groups is 1. The van der Waals surface area contributed by atoms with Crippen LogP contribution in [0.25, 0.3) is 12.2 Å². The molecule has 0 bridgehead atoms. The molecule has 1 fully saturated rings. The van der Waals surface area contributed by atoms with E-state index in [1.807, 2.05) is 61.2 Å². The van der Waals surface area contributed by atoms with E-state index in [-0.39, 0.29) is 18.3 Å². The predicted octanol–water partition coefficient (Wildman–Crippen LogP) is 8.86. The van der Waals surface area contributed by atoms with Crippen LogP contribution in [-0.2, 0) is 17.9 Å². The minimum atomic E-state index is -0.0253. The average molecular weight is 763 g/mol. The van der Waals surface area contributed by atoms with E-state index in [9.17, 15) is 4.79 Å². The SMILES string of the molecule is Cc1ccc(OCC=Cc2ccc(CN3CCN(C(=O)C=Cc4cc(C)c(Oc5ccc(OCc6ccc(C#N)cc6)cn5)c(Cl)c4)CC3)cc2)nc1.Cl. The van der Waals surface area contributed by atoms with Crippen LogP contribution in [0.2, 0.25) is 5.02 Å². The summed E-state index contributed by atoms with van der Waals surface area (Å²) >= 11 is 6.62. The van der Waals surface area contributed by atoms with Gasteiger partial charge in [-0.15, -0.1) is 12.4 Å². The molecule has 0 saturated carbocycles. The van der Waals surface area contributed by atoms with Gasteiger partial charge in [-0.2, -0.15) is 5.26 Å². The van der Waals surface area contributed by atoms with Crippen molar-refractivity contribution in [3.8, 4) is 29.3 Å². The lowest BCUT2D eigenvalue weighted by atomic mass is 10.1. The van der Waals surface area contributed by atoms with E-state index in [1.165, 1.54) is 5.56 Å². The molecule has 3 aromatic carbocycles. The lowest BCUT2D eigenvalue weighted by Gasteiger charge is -2.34. The summed E-state index contributed by atoms with van der Waals surface area (Å²) < 4.78 is 17.5. The molecule has 3 heterocycles. The highest BCUT2D eigenvalue weighted by Crippen LogP contribution is 2.34. The van der Waals surface area contributed by atoms with Crippen molar-refractivity contribution in [3.05, 3.63) is 153 Å². The Bertz CT molecular complexity index is 2070. The summed E-state index contributed by atoms with van der Waals surface area (Å²) in [4.78, 5) is 25.9. The molecule has 0 aliphatic carbocycles. The van der Waals surface area contributed by atoms with Gasteiger partial charge < -0.3 is 19.1 Å². The Morgan fingerprint density at radius 3 is 2.22 bits per heavy atom. The molecule has 54 heavy (non-hydrogen) atoms. The van der Waals surface area contributed by atoms with E-state index >= 15 is 0 Å². The van der Waals surface area contributed by atoms with Gasteiger partial charge in [0.05, 0.1) is 22.9 Å². The van der Waals surface area contributed by atoms with Crippen LogP contribution in [0.15, 0.2) is 109 Å². The van der Waals surface area contributed by atoms with Crippen LogP contribution < -0.4 is 14.2 Å². The van der Waals surface area contributed by atoms with Crippen LogP contribution in [0.1, 0.15) is 38.9 Å². The maximum absolute atomic E-state index is 13.0. The van der Waals surface area contributed by atoms with Crippen molar-refractivity contribution in [2.24, 2.45) is 0 Å². The van der Waals surface area contributed by atoms with E-state index in [0.717, 1.165) is 47.5 Å². The van der Waals surface area contributed by atoms with E-state index in [2.05, 4.69) is 45.2 Å². The molecule has 5 aromatic rings. The second kappa shape index (κ2) is 19.4. The minimum absolute atomic E-state index is 0. The van der Waals surface area contributed by atoms with Crippen molar-refractivity contribution in [2.75, 3.05) is 32.8 Å². The number of amides is 1. The van der Waals surface area contributed by atoms with Gasteiger partial charge in [0.25, 0.3) is 0 Å². The van der Waals surface area contributed by atoms with E-state index in [4.69, 9.17) is 31.1 Å². The summed E-state index contributed by atoms with van der Waals surface area (Å²) in [5, 5.41) is 9.37. The number of hydrogen-bond donors (Lipinski definition) is 0. The largest absolute Gasteiger partial charge is 0.487 e. The number of aryl methyl sites for hydroxylation is 2. The Hall–Kier alpha value is -5.66. The molecule has 2 aromatic heterocycles. The molecule has 0 unspecified atom stereocenters. The van der Waals surface area contributed by atoms with Crippen molar-refractivity contribution in [2.45, 2.75) is 27.0 Å². The van der Waals surface area contributed by atoms with E-state index in [1.54, 1.807) is 54.9 Å². The molecule has 276 valence electrons. The number of hydrogen-bond acceptors (Lipinski definition) is 8. The number of aromatic nitrogens is 2. The number of piperazine rings is 1. The van der Waals surface area contributed by atoms with Crippen molar-refractivity contribution in [1.29, 1.82) is 5.26 Å². The number of halogens is 2. The summed E-state index contributed by atoms with van der Waals surface area (Å²) in [6, 6.07) is 28.9. The van der Waals surface area contributed by atoms with Gasteiger partial charge in [0.15, 0.2) is 5.75 Å². The zero-order chi connectivity index (χ0) is 37.0. The van der Waals surface area contributed by atoms with Crippen LogP contribution in [-0.4, -0.2) is 58.5 Å². The fraction of sp³-hybridized carbons (Fsp3) is 0.209. The lowest BCUT2D eigenvalue weighted by Crippen LogP contribution is -2.47. The normalized spacial score (nSPS) is 13.0. The van der Waals surface area contributed by atoms with Crippen LogP contribution in [0.3, 0.4) is 0 Å². The lowest BCUT2D eigenvalue weighted by molar-refractivity contribution is -0.127. The Kier molecular flexibility index (Phi) is 14.2. The van der Waals surface area contributed by atoms with Gasteiger partial charge >= 0.3 is 0 Å². The average Bonchev–Trinajstić information content (AvgIpc) is 3.18. The van der Waals surface area contributed by atoms with Gasteiger partial charge in [0.2, 0.25) is 17.7 Å². The maximum atomic E-state index is 13.0. The summed E-state index contributed by atoms with van der Waals surface area (Å²) in [7, 11) is 0. The smallest absolute Gasteiger partial charge is 0.246 e. The fourth-order valence-electron chi connectivity index (χ4n) is 5.69. The molecule has 1 amide bonds. The first-order chi connectivity index (χ1) is 25.8. The molecule has 0 spiro atoms. The quantitative estimate of drug-likeness (QED) is 0.110. The number of nitriles is 1. The second-order valence-electron chi connectivity index (χ2n) is 12.7. The van der Waals surface area contributed by atoms with Gasteiger partial charge in [-0.05, 0) is 89.7 Å². The standard InChI is InChI=1S/C43H40ClN5O4.ClH/c1-31-5-16-40(46-27-31)51-23-3-4-33-6-10-35(11-7-33)29-48-19-21-49(22-20-48)42(50)18-14-37-24-32(2)43(39(44)25-37)53-41-17-15-38(28-47-41)52-30-36-12-8-34(26-45)9-13-36;/h3-18,24-25,27-28H,19-23,29-30H2,1-2H3;1H. The highest BCUT2D eigenvalue weighted by atomic mass is 35.5. The topological polar surface area (TPSA) is 101 Å². The molecule has 9 nitrogen and oxygen atoms in total. The third-order valence-electron chi connectivity index (χ3n) is 8.67. The van der Waals surface area contributed by atoms with Crippen LogP contribution in [0.5, 0.6) is 23.3 Å². The Labute approximate surface area is 327 Å². The van der Waals surface area contributed by atoms with Crippen molar-refractivity contribution in [1.82, 2.24) is 19.8 Å². The second-order valence-corrected chi connectivity index (χ2v) is 13.2. The number of pyridine rings is 2. The van der Waals surface area contributed by atoms with Crippen molar-refractivity contribution in [3.63, 3.8) is 0 Å². The van der Waals surface area contributed by atoms with E-state index in [0.29, 0.717) is 60.1 Å². The highest BCUT2D eigenvalue weighted by Gasteiger charge is 2.20. The van der Waals surface area contributed by atoms with Crippen LogP contribution in [0, 0.1) is 25.2 Å². The molecule has 0 N–H and O–H groups in total. The third kappa shape index (κ3) is 11.4. The molecule has 1 aliphatic heterocycles. The molecule has 0 atom stereocenters. The van der Waals surface area contributed by atoms with Gasteiger partial charge in [0.1, 0.15) is 19.0 Å². The zero-order valence-electron chi connectivity index (χ0n) is 30.2. The first kappa shape index (κ1) is 39.5. The molecule has 6 rings (SSSR count). The van der Waals surface area contributed by atoms with E-state index < -0.39 is 0 Å². The van der Waals surface area contributed by atoms with Gasteiger partial charge in [0, 0.05) is 57.1 Å². The molecule has 1 aliphatic rings. The number of carbonyl (C=O) groups excluding carboxylic acids is 1. The summed E-state index contributed by atoms with van der Waals surface area (Å²) in [5.74, 6) is 2.06. The third-order valence-corrected chi connectivity index (χ3v) is 8.95. The Balaban J connectivity index is 0.00000561. The van der Waals surface area contributed by atoms with Crippen LogP contribution in [0.4, 0.5) is 0 Å². The predicted molar refractivity (Wildman–Crippen MR) is 214 cm³/mol. The maximum Gasteiger partial charge on any atom is 0.246 e. The molecular formula is C43H41Cl2N5O4. The summed E-state index contributed by atoms with van der Waals surface area (Å²) in [5.41, 5.74) is 6.62. The monoisotopic (exact) mass is 761 g/mol. The number of nitrogens with zero attached hydrogens (tertiary/aromatic N) is 5. The summed E-state index contributed by atoms with van der Waals surface area (Å²) in [6.07, 6.45) is 10.8. The molecule has 1 saturated heterocycles. The minimum Gasteiger partial charge on any atom is -0.487 e. The highest BCUT2D eigenvalue weighted by molar-refractivity contribution is 6.32. The van der Waals surface area contributed by atoms with Crippen molar-refractivity contribution < 1.29 is 19.0 Å². The number of ether oxygens (including phenoxy) is 3. The summed E-state index contributed by atoms with van der Waals surface area (Å²) in [6.45, 7) is 8.49. The van der Waals surface area contributed by atoms with Gasteiger partial charge in [-0.1, -0.05) is 60.1 Å². The Morgan fingerprint density at radius 2 is 1.56 bits per heavy atom. The van der Waals surface area contributed by atoms with Crippen LogP contribution >= 0.6 is 24.0 Å². The molecule has 11 heteroatoms. The van der Waals surface area contributed by atoms with Crippen molar-refractivity contribution >= 4 is 42.1 Å². The zero-order valence-corrected chi connectivity index (χ0v) is 31.7. The first-order valence-corrected chi connectivity index (χ1v) is 17.8. The van der Waals surface area contributed by atoms with Gasteiger partial charge in [-0.25, -0.2) is 9.97 Å². The number of benzene rings is 3. The Morgan fingerprint density at radius 1 is 0.833 bits per heavy atom. The number of rotatable bonds is 13. The van der Waals surface area contributed by atoms with Gasteiger partial charge in [-0.3, -0.25) is 9.69 Å². The molecular weight excluding hydrogens is 721 g/mol.